The van der Waals surface area contributed by atoms with Gasteiger partial charge in [-0.05, 0) is 37.6 Å². The first-order chi connectivity index (χ1) is 7.97. The molecule has 0 amide bonds. The van der Waals surface area contributed by atoms with Crippen LogP contribution < -0.4 is 9.47 Å². The maximum absolute atomic E-state index is 11.5. The number of benzene rings is 1. The molecule has 0 bridgehead atoms. The van der Waals surface area contributed by atoms with Crippen molar-refractivity contribution in [2.24, 2.45) is 0 Å². The first kappa shape index (κ1) is 11.7. The molecule has 1 aliphatic heterocycles. The summed E-state index contributed by atoms with van der Waals surface area (Å²) in [5.41, 5.74) is -0.515. The van der Waals surface area contributed by atoms with Gasteiger partial charge >= 0.3 is 0 Å². The minimum absolute atomic E-state index is 0.227. The van der Waals surface area contributed by atoms with Crippen molar-refractivity contribution in [1.29, 1.82) is 0 Å². The largest absolute Gasteiger partial charge is 0.454 e. The molecule has 1 aliphatic rings. The highest BCUT2D eigenvalue weighted by molar-refractivity contribution is 5.99. The Hall–Kier alpha value is -1.81. The number of aliphatic hydroxyl groups is 1. The minimum Gasteiger partial charge on any atom is -0.454 e. The monoisotopic (exact) mass is 234 g/mol. The molecule has 0 unspecified atom stereocenters. The standard InChI is InChI=1S/C13H14O4/c1-13(2,15)12(14)6-4-9-3-5-10-11(7-9)17-8-16-10/h3-7,15H,8H2,1-2H3. The second-order valence-corrected chi connectivity index (χ2v) is 4.37. The number of ether oxygens (including phenoxy) is 2. The van der Waals surface area contributed by atoms with E-state index in [0.29, 0.717) is 11.5 Å². The highest BCUT2D eigenvalue weighted by Gasteiger charge is 2.20. The summed E-state index contributed by atoms with van der Waals surface area (Å²) in [5.74, 6) is 1.04. The quantitative estimate of drug-likeness (QED) is 0.810. The third kappa shape index (κ3) is 2.65. The van der Waals surface area contributed by atoms with Crippen molar-refractivity contribution in [2.75, 3.05) is 6.79 Å². The summed E-state index contributed by atoms with van der Waals surface area (Å²) < 4.78 is 10.4. The van der Waals surface area contributed by atoms with Crippen molar-refractivity contribution >= 4 is 11.9 Å². The molecule has 1 heterocycles. The van der Waals surface area contributed by atoms with Crippen LogP contribution in [0.25, 0.3) is 6.08 Å². The topological polar surface area (TPSA) is 55.8 Å². The van der Waals surface area contributed by atoms with E-state index in [2.05, 4.69) is 0 Å². The lowest BCUT2D eigenvalue weighted by atomic mass is 10.0. The Labute approximate surface area is 99.5 Å². The van der Waals surface area contributed by atoms with Gasteiger partial charge in [0, 0.05) is 0 Å². The molecule has 1 aromatic rings. The molecule has 2 rings (SSSR count). The van der Waals surface area contributed by atoms with Gasteiger partial charge < -0.3 is 14.6 Å². The summed E-state index contributed by atoms with van der Waals surface area (Å²) in [5, 5.41) is 9.47. The average molecular weight is 234 g/mol. The van der Waals surface area contributed by atoms with E-state index < -0.39 is 5.60 Å². The number of fused-ring (bicyclic) bond motifs is 1. The average Bonchev–Trinajstić information content (AvgIpc) is 2.71. The predicted octanol–water partition coefficient (Wildman–Crippen LogP) is 1.77. The van der Waals surface area contributed by atoms with Gasteiger partial charge in [0.25, 0.3) is 0 Å². The van der Waals surface area contributed by atoms with Gasteiger partial charge in [0.15, 0.2) is 17.3 Å². The lowest BCUT2D eigenvalue weighted by Gasteiger charge is -2.11. The number of hydrogen-bond donors (Lipinski definition) is 1. The van der Waals surface area contributed by atoms with E-state index in [0.717, 1.165) is 5.56 Å². The zero-order valence-electron chi connectivity index (χ0n) is 9.77. The Morgan fingerprint density at radius 2 is 2.06 bits per heavy atom. The summed E-state index contributed by atoms with van der Waals surface area (Å²) in [7, 11) is 0. The van der Waals surface area contributed by atoms with Gasteiger partial charge in [0.05, 0.1) is 0 Å². The minimum atomic E-state index is -1.34. The molecule has 0 saturated heterocycles. The van der Waals surface area contributed by atoms with Crippen LogP contribution in [0, 0.1) is 0 Å². The number of ketones is 1. The Kier molecular flexibility index (Phi) is 2.90. The Morgan fingerprint density at radius 1 is 1.35 bits per heavy atom. The summed E-state index contributed by atoms with van der Waals surface area (Å²) in [6, 6.07) is 5.40. The van der Waals surface area contributed by atoms with Crippen molar-refractivity contribution in [1.82, 2.24) is 0 Å². The molecule has 0 radical (unpaired) electrons. The normalized spacial score (nSPS) is 14.3. The van der Waals surface area contributed by atoms with E-state index in [-0.39, 0.29) is 12.6 Å². The molecule has 0 spiro atoms. The highest BCUT2D eigenvalue weighted by Crippen LogP contribution is 2.32. The molecule has 1 aromatic carbocycles. The van der Waals surface area contributed by atoms with Crippen LogP contribution in [0.4, 0.5) is 0 Å². The van der Waals surface area contributed by atoms with E-state index in [1.807, 2.05) is 6.07 Å². The maximum Gasteiger partial charge on any atom is 0.231 e. The Morgan fingerprint density at radius 3 is 2.76 bits per heavy atom. The van der Waals surface area contributed by atoms with Gasteiger partial charge in [-0.15, -0.1) is 0 Å². The highest BCUT2D eigenvalue weighted by atomic mass is 16.7. The molecule has 4 heteroatoms. The van der Waals surface area contributed by atoms with Crippen LogP contribution in [0.2, 0.25) is 0 Å². The van der Waals surface area contributed by atoms with E-state index in [4.69, 9.17) is 9.47 Å². The van der Waals surface area contributed by atoms with Crippen LogP contribution in [-0.4, -0.2) is 23.3 Å². The second kappa shape index (κ2) is 4.22. The van der Waals surface area contributed by atoms with Gasteiger partial charge in [0.2, 0.25) is 6.79 Å². The van der Waals surface area contributed by atoms with Gasteiger partial charge in [-0.25, -0.2) is 0 Å². The van der Waals surface area contributed by atoms with Gasteiger partial charge in [0.1, 0.15) is 5.60 Å². The van der Waals surface area contributed by atoms with Crippen LogP contribution in [0.3, 0.4) is 0 Å². The number of rotatable bonds is 3. The molecule has 0 aromatic heterocycles. The van der Waals surface area contributed by atoms with Crippen molar-refractivity contribution < 1.29 is 19.4 Å². The molecular weight excluding hydrogens is 220 g/mol. The predicted molar refractivity (Wildman–Crippen MR) is 62.9 cm³/mol. The number of carbonyl (C=O) groups excluding carboxylic acids is 1. The van der Waals surface area contributed by atoms with Crippen LogP contribution in [0.5, 0.6) is 11.5 Å². The molecule has 17 heavy (non-hydrogen) atoms. The van der Waals surface area contributed by atoms with E-state index in [1.54, 1.807) is 18.2 Å². The van der Waals surface area contributed by atoms with Crippen molar-refractivity contribution in [3.05, 3.63) is 29.8 Å². The molecule has 4 nitrogen and oxygen atoms in total. The fraction of sp³-hybridized carbons (Fsp3) is 0.308. The lowest BCUT2D eigenvalue weighted by molar-refractivity contribution is -0.128. The molecule has 90 valence electrons. The number of hydrogen-bond acceptors (Lipinski definition) is 4. The summed E-state index contributed by atoms with van der Waals surface area (Å²) in [6.45, 7) is 3.14. The third-order valence-corrected chi connectivity index (χ3v) is 2.43. The fourth-order valence-corrected chi connectivity index (χ4v) is 1.39. The molecule has 0 aliphatic carbocycles. The van der Waals surface area contributed by atoms with E-state index in [1.165, 1.54) is 19.9 Å². The molecule has 0 saturated carbocycles. The van der Waals surface area contributed by atoms with Crippen LogP contribution in [-0.2, 0) is 4.79 Å². The molecule has 0 atom stereocenters. The van der Waals surface area contributed by atoms with E-state index >= 15 is 0 Å². The maximum atomic E-state index is 11.5. The van der Waals surface area contributed by atoms with Crippen LogP contribution in [0.1, 0.15) is 19.4 Å². The first-order valence-corrected chi connectivity index (χ1v) is 5.31. The summed E-state index contributed by atoms with van der Waals surface area (Å²) in [4.78, 5) is 11.5. The van der Waals surface area contributed by atoms with Crippen LogP contribution in [0.15, 0.2) is 24.3 Å². The lowest BCUT2D eigenvalue weighted by Crippen LogP contribution is -2.29. The first-order valence-electron chi connectivity index (χ1n) is 5.31. The van der Waals surface area contributed by atoms with Gasteiger partial charge in [-0.3, -0.25) is 4.79 Å². The zero-order chi connectivity index (χ0) is 12.5. The van der Waals surface area contributed by atoms with Crippen LogP contribution >= 0.6 is 0 Å². The molecule has 0 fully saturated rings. The SMILES string of the molecule is CC(C)(O)C(=O)C=Cc1ccc2c(c1)OCO2. The fourth-order valence-electron chi connectivity index (χ4n) is 1.39. The van der Waals surface area contributed by atoms with Gasteiger partial charge in [-0.1, -0.05) is 12.1 Å². The zero-order valence-corrected chi connectivity index (χ0v) is 9.77. The summed E-state index contributed by atoms with van der Waals surface area (Å²) in [6.07, 6.45) is 3.00. The molecule has 1 N–H and O–H groups in total. The van der Waals surface area contributed by atoms with Crippen molar-refractivity contribution in [3.63, 3.8) is 0 Å². The third-order valence-electron chi connectivity index (χ3n) is 2.43. The second-order valence-electron chi connectivity index (χ2n) is 4.37. The number of carbonyl (C=O) groups is 1. The summed E-state index contributed by atoms with van der Waals surface area (Å²) >= 11 is 0. The Balaban J connectivity index is 2.14. The molecular formula is C13H14O4. The Bertz CT molecular complexity index is 469. The van der Waals surface area contributed by atoms with Crippen molar-refractivity contribution in [2.45, 2.75) is 19.4 Å². The smallest absolute Gasteiger partial charge is 0.231 e. The van der Waals surface area contributed by atoms with Crippen molar-refractivity contribution in [3.8, 4) is 11.5 Å². The van der Waals surface area contributed by atoms with E-state index in [9.17, 15) is 9.90 Å². The van der Waals surface area contributed by atoms with Gasteiger partial charge in [-0.2, -0.15) is 0 Å².